The molecule has 5 rings (SSSR count). The number of piperazine rings is 1. The fraction of sp³-hybridized carbons (Fsp3) is 0.455. The van der Waals surface area contributed by atoms with Gasteiger partial charge in [0.2, 0.25) is 0 Å². The van der Waals surface area contributed by atoms with Crippen molar-refractivity contribution in [2.24, 2.45) is 0 Å². The van der Waals surface area contributed by atoms with Gasteiger partial charge in [-0.3, -0.25) is 9.78 Å². The number of fused-ring (bicyclic) bond motifs is 1. The summed E-state index contributed by atoms with van der Waals surface area (Å²) >= 11 is 0. The average molecular weight is 576 g/mol. The van der Waals surface area contributed by atoms with Crippen LogP contribution in [-0.2, 0) is 10.2 Å². The van der Waals surface area contributed by atoms with Crippen LogP contribution in [0.4, 0.5) is 21.5 Å². The monoisotopic (exact) mass is 575 g/mol. The second-order valence-corrected chi connectivity index (χ2v) is 11.8. The van der Waals surface area contributed by atoms with Gasteiger partial charge in [0.15, 0.2) is 0 Å². The highest BCUT2D eigenvalue weighted by Crippen LogP contribution is 2.43. The quantitative estimate of drug-likeness (QED) is 0.331. The molecule has 1 fully saturated rings. The molecule has 224 valence electrons. The number of carbonyl (C=O) groups is 2. The van der Waals surface area contributed by atoms with E-state index in [0.717, 1.165) is 17.1 Å². The number of benzene rings is 1. The predicted octanol–water partition coefficient (Wildman–Crippen LogP) is 6.30. The first-order chi connectivity index (χ1) is 19.9. The number of esters is 1. The van der Waals surface area contributed by atoms with Crippen molar-refractivity contribution in [3.63, 3.8) is 0 Å². The summed E-state index contributed by atoms with van der Waals surface area (Å²) in [5.74, 6) is -0.769. The topological polar surface area (TPSA) is 78.9 Å². The molecular weight excluding hydrogens is 533 g/mol. The fourth-order valence-corrected chi connectivity index (χ4v) is 5.72. The maximum Gasteiger partial charge on any atom is 0.340 e. The number of nitrogens with zero attached hydrogens (tertiary/aromatic N) is 5. The highest BCUT2D eigenvalue weighted by atomic mass is 19.1. The van der Waals surface area contributed by atoms with Gasteiger partial charge in [-0.15, -0.1) is 0 Å². The minimum Gasteiger partial charge on any atom is -0.462 e. The summed E-state index contributed by atoms with van der Waals surface area (Å²) in [5.41, 5.74) is 3.76. The van der Waals surface area contributed by atoms with E-state index < -0.39 is 5.54 Å². The van der Waals surface area contributed by atoms with Gasteiger partial charge in [-0.25, -0.2) is 14.2 Å². The number of amides is 1. The Balaban J connectivity index is 0.00000198. The maximum atomic E-state index is 14.4. The van der Waals surface area contributed by atoms with Crippen LogP contribution in [0.1, 0.15) is 80.6 Å². The summed E-state index contributed by atoms with van der Waals surface area (Å²) in [6.07, 6.45) is 3.26. The standard InChI is InChI=1S/C31H36FN5O3.C2H6/c1-7-40-29(39)22-12-13-33-17-26(22)35-14-15-37(31(5,6)19-35)28(38)24-10-11-25-27(34-24)30(3,4)18-36(25)21-9-8-20(2)23(32)16-21;1-2/h8-13,16-17H,7,14-15,18-19H2,1-6H3;1-2H3. The van der Waals surface area contributed by atoms with Crippen molar-refractivity contribution in [2.75, 3.05) is 42.6 Å². The van der Waals surface area contributed by atoms with E-state index in [2.05, 4.69) is 28.6 Å². The maximum absolute atomic E-state index is 14.4. The molecule has 0 N–H and O–H groups in total. The number of pyridine rings is 2. The molecule has 2 aromatic heterocycles. The molecule has 8 nitrogen and oxygen atoms in total. The molecule has 0 atom stereocenters. The van der Waals surface area contributed by atoms with Crippen LogP contribution in [-0.4, -0.2) is 65.1 Å². The van der Waals surface area contributed by atoms with Crippen LogP contribution in [0.5, 0.6) is 0 Å². The number of hydrogen-bond acceptors (Lipinski definition) is 7. The van der Waals surface area contributed by atoms with Gasteiger partial charge >= 0.3 is 5.97 Å². The van der Waals surface area contributed by atoms with Crippen molar-refractivity contribution < 1.29 is 18.7 Å². The van der Waals surface area contributed by atoms with Crippen LogP contribution >= 0.6 is 0 Å². The lowest BCUT2D eigenvalue weighted by molar-refractivity contribution is 0.0493. The van der Waals surface area contributed by atoms with Crippen molar-refractivity contribution in [3.8, 4) is 0 Å². The molecule has 2 aliphatic heterocycles. The van der Waals surface area contributed by atoms with Gasteiger partial charge in [0.05, 0.1) is 41.0 Å². The lowest BCUT2D eigenvalue weighted by Gasteiger charge is -2.48. The molecule has 1 amide bonds. The van der Waals surface area contributed by atoms with Crippen molar-refractivity contribution >= 4 is 28.9 Å². The lowest BCUT2D eigenvalue weighted by Crippen LogP contribution is -2.61. The number of carbonyl (C=O) groups excluding carboxylic acids is 2. The van der Waals surface area contributed by atoms with E-state index in [4.69, 9.17) is 9.72 Å². The number of halogens is 1. The van der Waals surface area contributed by atoms with E-state index in [0.29, 0.717) is 55.3 Å². The molecule has 0 aliphatic carbocycles. The fourth-order valence-electron chi connectivity index (χ4n) is 5.72. The Morgan fingerprint density at radius 3 is 2.40 bits per heavy atom. The van der Waals surface area contributed by atoms with E-state index in [9.17, 15) is 14.0 Å². The predicted molar refractivity (Wildman–Crippen MR) is 164 cm³/mol. The van der Waals surface area contributed by atoms with E-state index in [-0.39, 0.29) is 23.1 Å². The zero-order valence-electron chi connectivity index (χ0n) is 26.0. The van der Waals surface area contributed by atoms with Crippen LogP contribution in [0, 0.1) is 12.7 Å². The second-order valence-electron chi connectivity index (χ2n) is 11.8. The van der Waals surface area contributed by atoms with Crippen LogP contribution in [0.25, 0.3) is 0 Å². The minimum atomic E-state index is -0.543. The van der Waals surface area contributed by atoms with Gasteiger partial charge in [0, 0.05) is 43.5 Å². The third kappa shape index (κ3) is 5.82. The van der Waals surface area contributed by atoms with Crippen LogP contribution < -0.4 is 9.80 Å². The van der Waals surface area contributed by atoms with Crippen molar-refractivity contribution in [1.29, 1.82) is 0 Å². The number of aryl methyl sites for hydroxylation is 1. The summed E-state index contributed by atoms with van der Waals surface area (Å²) in [7, 11) is 0. The van der Waals surface area contributed by atoms with Gasteiger partial charge in [0.1, 0.15) is 11.5 Å². The first-order valence-corrected chi connectivity index (χ1v) is 14.7. The highest BCUT2D eigenvalue weighted by Gasteiger charge is 2.41. The van der Waals surface area contributed by atoms with Gasteiger partial charge < -0.3 is 19.4 Å². The van der Waals surface area contributed by atoms with Gasteiger partial charge in [-0.05, 0) is 63.6 Å². The molecule has 0 radical (unpaired) electrons. The minimum absolute atomic E-state index is 0.139. The molecule has 1 saturated heterocycles. The van der Waals surface area contributed by atoms with Gasteiger partial charge in [-0.2, -0.15) is 0 Å². The third-order valence-corrected chi connectivity index (χ3v) is 7.83. The van der Waals surface area contributed by atoms with Crippen LogP contribution in [0.2, 0.25) is 0 Å². The summed E-state index contributed by atoms with van der Waals surface area (Å²) in [4.78, 5) is 41.5. The van der Waals surface area contributed by atoms with Gasteiger partial charge in [-0.1, -0.05) is 33.8 Å². The smallest absolute Gasteiger partial charge is 0.340 e. The number of hydrogen-bond donors (Lipinski definition) is 0. The molecule has 2 aliphatic rings. The summed E-state index contributed by atoms with van der Waals surface area (Å²) < 4.78 is 19.6. The van der Waals surface area contributed by atoms with E-state index in [1.54, 1.807) is 50.5 Å². The summed E-state index contributed by atoms with van der Waals surface area (Å²) in [6.45, 7) is 18.2. The Kier molecular flexibility index (Phi) is 8.89. The number of aromatic nitrogens is 2. The zero-order chi connectivity index (χ0) is 30.8. The summed E-state index contributed by atoms with van der Waals surface area (Å²) in [6, 6.07) is 10.6. The molecule has 0 spiro atoms. The Bertz CT molecular complexity index is 1470. The molecule has 4 heterocycles. The van der Waals surface area contributed by atoms with E-state index in [1.807, 2.05) is 44.7 Å². The molecule has 42 heavy (non-hydrogen) atoms. The molecule has 0 saturated carbocycles. The Hall–Kier alpha value is -4.01. The molecule has 0 unspecified atom stereocenters. The van der Waals surface area contributed by atoms with Crippen molar-refractivity contribution in [1.82, 2.24) is 14.9 Å². The third-order valence-electron chi connectivity index (χ3n) is 7.83. The SMILES string of the molecule is CC.CCOC(=O)c1ccncc1N1CCN(C(=O)c2ccc3c(n2)C(C)(C)CN3c2ccc(C)c(F)c2)C(C)(C)C1. The Morgan fingerprint density at radius 1 is 1.00 bits per heavy atom. The van der Waals surface area contributed by atoms with E-state index in [1.165, 1.54) is 0 Å². The number of rotatable bonds is 5. The zero-order valence-corrected chi connectivity index (χ0v) is 26.0. The Labute approximate surface area is 248 Å². The van der Waals surface area contributed by atoms with Crippen molar-refractivity contribution in [2.45, 2.75) is 66.3 Å². The molecule has 0 bridgehead atoms. The second kappa shape index (κ2) is 12.1. The van der Waals surface area contributed by atoms with Crippen LogP contribution in [0.15, 0.2) is 48.8 Å². The highest BCUT2D eigenvalue weighted by molar-refractivity contribution is 5.96. The summed E-state index contributed by atoms with van der Waals surface area (Å²) in [5, 5.41) is 0. The van der Waals surface area contributed by atoms with Crippen molar-refractivity contribution in [3.05, 3.63) is 77.1 Å². The first kappa shape index (κ1) is 30.9. The lowest BCUT2D eigenvalue weighted by atomic mass is 9.91. The van der Waals surface area contributed by atoms with E-state index >= 15 is 0 Å². The first-order valence-electron chi connectivity index (χ1n) is 14.7. The normalized spacial score (nSPS) is 16.8. The molecular formula is C33H42FN5O3. The van der Waals surface area contributed by atoms with Crippen LogP contribution in [0.3, 0.4) is 0 Å². The Morgan fingerprint density at radius 2 is 1.74 bits per heavy atom. The number of anilines is 3. The van der Waals surface area contributed by atoms with Gasteiger partial charge in [0.25, 0.3) is 5.91 Å². The molecule has 3 aromatic rings. The molecule has 9 heteroatoms. The largest absolute Gasteiger partial charge is 0.462 e. The average Bonchev–Trinajstić information content (AvgIpc) is 3.24. The molecule has 1 aromatic carbocycles. The number of ether oxygens (including phenoxy) is 1.